The third-order valence-electron chi connectivity index (χ3n) is 25.0. The largest absolute Gasteiger partial charge is 0.411 e. The summed E-state index contributed by atoms with van der Waals surface area (Å²) in [7, 11) is -21.7. The van der Waals surface area contributed by atoms with Gasteiger partial charge in [-0.2, -0.15) is 26.0 Å². The summed E-state index contributed by atoms with van der Waals surface area (Å²) in [5, 5.41) is 110. The van der Waals surface area contributed by atoms with Gasteiger partial charge in [-0.3, -0.25) is 0 Å². The third-order valence-corrected chi connectivity index (χ3v) is 46.7. The zero-order valence-corrected chi connectivity index (χ0v) is 99.9. The maximum Gasteiger partial charge on any atom is 0.333 e. The number of halogens is 4. The fourth-order valence-corrected chi connectivity index (χ4v) is 24.8. The number of nitrogens with one attached hydrogen (secondary N) is 6. The summed E-state index contributed by atoms with van der Waals surface area (Å²) in [6, 6.07) is 9.63. The van der Waals surface area contributed by atoms with Gasteiger partial charge in [0.15, 0.2) is 33.5 Å². The molecule has 0 aliphatic carbocycles. The number of benzene rings is 4. The van der Waals surface area contributed by atoms with Gasteiger partial charge in [0.25, 0.3) is 30.1 Å². The number of aliphatic hydroxyl groups excluding tert-OH is 2. The maximum absolute atomic E-state index is 15.3. The molecule has 50 heteroatoms. The van der Waals surface area contributed by atoms with Gasteiger partial charge in [-0.1, -0.05) is 152 Å². The van der Waals surface area contributed by atoms with Crippen LogP contribution in [-0.2, 0) is 103 Å². The standard InChI is InChI=1S/C28H43FN4O5S2Si.2C22H29FN4O5S2.C15H17FN2O.C13H26N2O4S2Si/c1-12-17(4)19-13-18(14-30)22(29)21(16(2)3)23(19)32-26(34)33-40(36,37)24-20(31-25(39-24)28(8,9)35)15-38-41(10,11)27(5,6)7;2*1-7-12(4)14-8-13(9-24)17(23)16(11(2)3)18(14)26-21(29)27-34(31,32)19-15(10-28)25-20(33-19)22(5,6)30;1-5-10(4)12-6-11(7-17)14(16)13(9(2)3)15(12)18-8-19;1-12(2,3)22(6,7)19-8-9-10(21(14,17)18)20-11(15-9)13(4,5)16/h13,16-17,35H,12,15H2,1-11H3,(H2,32,33,34);2*8,11-12,28,30H,7,10H2,1-6H3,(H2,26,27,29);6,9-10H,5H2,1-4H3;16H,8H2,1-7H3,(H2,14,17,18). The van der Waals surface area contributed by atoms with E-state index in [4.69, 9.17) is 19.3 Å². The first-order chi connectivity index (χ1) is 68.4. The van der Waals surface area contributed by atoms with Crippen LogP contribution in [0.2, 0.25) is 36.3 Å². The highest BCUT2D eigenvalue weighted by Gasteiger charge is 2.43. The van der Waals surface area contributed by atoms with Gasteiger partial charge in [0.1, 0.15) is 90.0 Å². The number of hydrogen-bond donors (Lipinski definition) is 13. The Hall–Kier alpha value is -9.86. The van der Waals surface area contributed by atoms with E-state index in [0.717, 1.165) is 34.7 Å². The number of rotatable bonds is 35. The molecule has 36 nitrogen and oxygen atoms in total. The van der Waals surface area contributed by atoms with E-state index < -0.39 is 160 Å². The Bertz CT molecular complexity index is 6770. The molecule has 8 rings (SSSR count). The minimum atomic E-state index is -4.48. The zero-order chi connectivity index (χ0) is 116. The molecule has 4 heterocycles. The van der Waals surface area contributed by atoms with Gasteiger partial charge in [0.2, 0.25) is 16.1 Å². The number of urea groups is 3. The molecule has 6 amide bonds. The molecule has 0 saturated carbocycles. The second-order valence-corrected chi connectivity index (χ2v) is 63.3. The Morgan fingerprint density at radius 3 is 0.840 bits per heavy atom. The minimum absolute atomic E-state index is 0.00356. The molecule has 4 unspecified atom stereocenters. The molecule has 150 heavy (non-hydrogen) atoms. The number of nitrogens with two attached hydrogens (primary N) is 1. The fourth-order valence-electron chi connectivity index (χ4n) is 13.8. The lowest BCUT2D eigenvalue weighted by Gasteiger charge is -2.36. The summed E-state index contributed by atoms with van der Waals surface area (Å²) >= 11 is 2.90. The number of sulfonamides is 4. The number of aromatic nitrogens is 4. The van der Waals surface area contributed by atoms with E-state index in [-0.39, 0.29) is 155 Å². The molecule has 4 aromatic carbocycles. The molecule has 0 fully saturated rings. The van der Waals surface area contributed by atoms with Crippen molar-refractivity contribution in [3.63, 3.8) is 0 Å². The van der Waals surface area contributed by atoms with E-state index in [1.165, 1.54) is 71.9 Å². The monoisotopic (exact) mass is 2280 g/mol. The smallest absolute Gasteiger partial charge is 0.333 e. The first-order valence-electron chi connectivity index (χ1n) is 48.0. The number of aliphatic imine (C=N–C) groups is 1. The summed E-state index contributed by atoms with van der Waals surface area (Å²) in [4.78, 5) is 69.6. The lowest BCUT2D eigenvalue weighted by molar-refractivity contribution is 0.0773. The van der Waals surface area contributed by atoms with Crippen molar-refractivity contribution >= 4 is 149 Å². The number of carbonyl (C=O) groups is 3. The number of thiazole rings is 4. The van der Waals surface area contributed by atoms with Gasteiger partial charge in [-0.25, -0.2) is 110 Å². The van der Waals surface area contributed by atoms with Crippen LogP contribution in [0.3, 0.4) is 0 Å². The molecule has 0 radical (unpaired) electrons. The van der Waals surface area contributed by atoms with E-state index >= 15 is 13.2 Å². The Labute approximate surface area is 897 Å². The van der Waals surface area contributed by atoms with Crippen molar-refractivity contribution in [3.05, 3.63) is 157 Å². The Balaban J connectivity index is 0.000000400. The molecule has 4 aromatic heterocycles. The van der Waals surface area contributed by atoms with Gasteiger partial charge in [0.05, 0.1) is 94.2 Å². The predicted molar refractivity (Wildman–Crippen MR) is 578 cm³/mol. The first kappa shape index (κ1) is 132. The van der Waals surface area contributed by atoms with Crippen molar-refractivity contribution in [2.45, 2.75) is 383 Å². The number of primary sulfonamides is 1. The summed E-state index contributed by atoms with van der Waals surface area (Å²) in [6.07, 6.45) is 4.20. The number of nitrogens with zero attached hydrogens (tertiary/aromatic N) is 9. The van der Waals surface area contributed by atoms with Crippen molar-refractivity contribution in [2.75, 3.05) is 16.0 Å². The van der Waals surface area contributed by atoms with E-state index in [2.05, 4.69) is 95.5 Å². The number of nitriles is 4. The van der Waals surface area contributed by atoms with Crippen LogP contribution in [0.25, 0.3) is 0 Å². The number of anilines is 3. The molecule has 0 aliphatic heterocycles. The normalized spacial score (nSPS) is 13.2. The lowest BCUT2D eigenvalue weighted by Crippen LogP contribution is -2.40. The number of aliphatic hydroxyl groups is 6. The topological polar surface area (TPSA) is 602 Å². The molecular formula is C100H144F4N16O20S8Si2. The highest BCUT2D eigenvalue weighted by molar-refractivity contribution is 7.93. The molecule has 0 bridgehead atoms. The zero-order valence-electron chi connectivity index (χ0n) is 91.4. The average molecular weight is 2280 g/mol. The van der Waals surface area contributed by atoms with Crippen LogP contribution in [0.5, 0.6) is 0 Å². The first-order valence-corrected chi connectivity index (χ1v) is 63.1. The van der Waals surface area contributed by atoms with E-state index in [0.29, 0.717) is 74.9 Å². The molecule has 8 aromatic rings. The molecule has 0 aliphatic rings. The summed E-state index contributed by atoms with van der Waals surface area (Å²) in [5.41, 5.74) is -2.48. The molecular weight excluding hydrogens is 2130 g/mol. The lowest BCUT2D eigenvalue weighted by atomic mass is 9.88. The molecule has 0 spiro atoms. The van der Waals surface area contributed by atoms with Gasteiger partial charge < -0.3 is 55.4 Å². The predicted octanol–water partition coefficient (Wildman–Crippen LogP) is 21.9. The van der Waals surface area contributed by atoms with Crippen molar-refractivity contribution in [3.8, 4) is 24.3 Å². The minimum Gasteiger partial charge on any atom is -0.411 e. The van der Waals surface area contributed by atoms with Crippen LogP contribution in [-0.4, -0.2) is 125 Å². The van der Waals surface area contributed by atoms with Crippen molar-refractivity contribution in [1.82, 2.24) is 34.1 Å². The van der Waals surface area contributed by atoms with Crippen LogP contribution in [0, 0.1) is 68.6 Å². The van der Waals surface area contributed by atoms with Crippen molar-refractivity contribution in [2.24, 2.45) is 10.1 Å². The summed E-state index contributed by atoms with van der Waals surface area (Å²) in [6.45, 7) is 60.0. The van der Waals surface area contributed by atoms with E-state index in [1.54, 1.807) is 55.4 Å². The number of hydrogen-bond acceptors (Lipinski definition) is 33. The van der Waals surface area contributed by atoms with Crippen LogP contribution < -0.4 is 35.3 Å². The summed E-state index contributed by atoms with van der Waals surface area (Å²) < 4.78 is 179. The Kier molecular flexibility index (Phi) is 46.2. The molecule has 0 saturated heterocycles. The summed E-state index contributed by atoms with van der Waals surface area (Å²) in [5.74, 6) is -4.67. The van der Waals surface area contributed by atoms with Crippen molar-refractivity contribution in [1.29, 1.82) is 21.0 Å². The number of isocyanates is 1. The molecule has 4 atom stereocenters. The number of amides is 6. The second-order valence-electron chi connectivity index (χ2n) is 42.3. The Morgan fingerprint density at radius 2 is 0.627 bits per heavy atom. The van der Waals surface area contributed by atoms with Crippen LogP contribution in [0.15, 0.2) is 46.1 Å². The van der Waals surface area contributed by atoms with Gasteiger partial charge >= 0.3 is 18.1 Å². The van der Waals surface area contributed by atoms with Gasteiger partial charge in [-0.05, 0) is 211 Å². The van der Waals surface area contributed by atoms with Crippen LogP contribution >= 0.6 is 45.3 Å². The molecule has 828 valence electrons. The van der Waals surface area contributed by atoms with Crippen LogP contribution in [0.4, 0.5) is 54.7 Å². The quantitative estimate of drug-likeness (QED) is 0.00759. The van der Waals surface area contributed by atoms with Crippen molar-refractivity contribution < 1.29 is 110 Å². The SMILES string of the molecule is CC(C)(O)c1nc(CO[Si](C)(C)C(C)(C)C)c(S(N)(=O)=O)s1.CCC(C)c1cc(C#N)c(F)c(C(C)C)c1N=C=O.CCC(C)c1cc(C#N)c(F)c(C(C)C)c1NC(=O)NS(=O)(=O)c1sc(C(C)(C)O)nc1CO.CCC(C)c1cc(C#N)c(F)c(C(C)C)c1NC(=O)NS(=O)(=O)c1sc(C(C)(C)O)nc1CO.CCC(C)c1cc(C#N)c(F)c(C(C)C)c1NC(=O)NS(=O)(=O)c1sc(C(C)(C)O)nc1CO[Si](C)(C)C(C)(C)C. The van der Waals surface area contributed by atoms with Gasteiger partial charge in [-0.15, -0.1) is 45.3 Å². The van der Waals surface area contributed by atoms with E-state index in [1.807, 2.05) is 121 Å². The highest BCUT2D eigenvalue weighted by Crippen LogP contribution is 2.47. The van der Waals surface area contributed by atoms with E-state index in [9.17, 15) is 104 Å². The second kappa shape index (κ2) is 52.4. The third kappa shape index (κ3) is 33.6. The average Bonchev–Trinajstić information content (AvgIpc) is 1.28. The van der Waals surface area contributed by atoms with Gasteiger partial charge in [0, 0.05) is 22.3 Å². The fraction of sp³-hybridized carbons (Fsp3) is 0.560. The Morgan fingerprint density at radius 1 is 0.407 bits per heavy atom. The van der Waals surface area contributed by atoms with Crippen LogP contribution in [0.1, 0.15) is 390 Å². The maximum atomic E-state index is 15.3. The highest BCUT2D eigenvalue weighted by atomic mass is 32.3. The number of carbonyl (C=O) groups excluding carboxylic acids is 4. The molecule has 14 N–H and O–H groups in total.